The predicted octanol–water partition coefficient (Wildman–Crippen LogP) is 1.38. The summed E-state index contributed by atoms with van der Waals surface area (Å²) in [6.45, 7) is 0.946. The molecule has 0 radical (unpaired) electrons. The van der Waals surface area contributed by atoms with Crippen LogP contribution in [0, 0.1) is 17.8 Å². The molecule has 9 heavy (non-hydrogen) atoms. The van der Waals surface area contributed by atoms with Crippen LogP contribution in [0.15, 0.2) is 0 Å². The van der Waals surface area contributed by atoms with Crippen LogP contribution in [0.5, 0.6) is 0 Å². The fourth-order valence-electron chi connectivity index (χ4n) is 2.67. The van der Waals surface area contributed by atoms with Crippen LogP contribution in [0.4, 0.5) is 0 Å². The van der Waals surface area contributed by atoms with Gasteiger partial charge in [-0.25, -0.2) is 0 Å². The largest absolute Gasteiger partial charge is 0.330 e. The lowest BCUT2D eigenvalue weighted by molar-refractivity contribution is 0.341. The first kappa shape index (κ1) is 5.72. The number of hydrogen-bond donors (Lipinski definition) is 1. The van der Waals surface area contributed by atoms with Gasteiger partial charge in [-0.3, -0.25) is 0 Å². The quantitative estimate of drug-likeness (QED) is 0.563. The van der Waals surface area contributed by atoms with Gasteiger partial charge >= 0.3 is 0 Å². The van der Waals surface area contributed by atoms with E-state index in [0.717, 1.165) is 24.3 Å². The maximum Gasteiger partial charge on any atom is -0.00461 e. The van der Waals surface area contributed by atoms with Crippen LogP contribution < -0.4 is 5.73 Å². The number of hydrogen-bond acceptors (Lipinski definition) is 1. The molecule has 1 heteroatoms. The summed E-state index contributed by atoms with van der Waals surface area (Å²) in [4.78, 5) is 0. The molecular formula is C8H15N. The maximum absolute atomic E-state index is 5.62. The van der Waals surface area contributed by atoms with Crippen LogP contribution in [-0.2, 0) is 0 Å². The fraction of sp³-hybridized carbons (Fsp3) is 1.00. The Morgan fingerprint density at radius 3 is 2.44 bits per heavy atom. The Balaban J connectivity index is 2.01. The molecule has 0 aromatic carbocycles. The van der Waals surface area contributed by atoms with Gasteiger partial charge < -0.3 is 5.73 Å². The second-order valence-corrected chi connectivity index (χ2v) is 3.67. The van der Waals surface area contributed by atoms with E-state index < -0.39 is 0 Å². The van der Waals surface area contributed by atoms with Crippen molar-refractivity contribution in [2.45, 2.75) is 25.7 Å². The van der Waals surface area contributed by atoms with Crippen molar-refractivity contribution in [3.63, 3.8) is 0 Å². The van der Waals surface area contributed by atoms with Crippen LogP contribution in [0.2, 0.25) is 0 Å². The van der Waals surface area contributed by atoms with E-state index in [0.29, 0.717) is 0 Å². The summed E-state index contributed by atoms with van der Waals surface area (Å²) in [7, 11) is 0. The van der Waals surface area contributed by atoms with Gasteiger partial charge in [0.25, 0.3) is 0 Å². The van der Waals surface area contributed by atoms with Crippen molar-refractivity contribution in [2.75, 3.05) is 6.54 Å². The lowest BCUT2D eigenvalue weighted by Crippen LogP contribution is -2.19. The zero-order chi connectivity index (χ0) is 6.27. The van der Waals surface area contributed by atoms with Crippen molar-refractivity contribution in [3.8, 4) is 0 Å². The SMILES string of the molecule is NC[C@@H]1C[C@@H]2CC[C@@H]1C2. The highest BCUT2D eigenvalue weighted by atomic mass is 14.6. The van der Waals surface area contributed by atoms with Crippen molar-refractivity contribution < 1.29 is 0 Å². The van der Waals surface area contributed by atoms with Crippen molar-refractivity contribution >= 4 is 0 Å². The van der Waals surface area contributed by atoms with E-state index in [1.807, 2.05) is 0 Å². The first-order chi connectivity index (χ1) is 4.40. The van der Waals surface area contributed by atoms with E-state index >= 15 is 0 Å². The summed E-state index contributed by atoms with van der Waals surface area (Å²) in [5.41, 5.74) is 5.62. The van der Waals surface area contributed by atoms with E-state index in [4.69, 9.17) is 5.73 Å². The molecule has 0 heterocycles. The highest BCUT2D eigenvalue weighted by Crippen LogP contribution is 2.47. The third-order valence-corrected chi connectivity index (χ3v) is 3.19. The summed E-state index contributed by atoms with van der Waals surface area (Å²) >= 11 is 0. The highest BCUT2D eigenvalue weighted by molar-refractivity contribution is 4.89. The zero-order valence-electron chi connectivity index (χ0n) is 5.84. The monoisotopic (exact) mass is 125 g/mol. The van der Waals surface area contributed by atoms with Crippen LogP contribution in [0.25, 0.3) is 0 Å². The Labute approximate surface area is 56.6 Å². The first-order valence-electron chi connectivity index (χ1n) is 4.10. The molecule has 1 nitrogen and oxygen atoms in total. The Hall–Kier alpha value is -0.0400. The van der Waals surface area contributed by atoms with Crippen LogP contribution >= 0.6 is 0 Å². The van der Waals surface area contributed by atoms with Crippen molar-refractivity contribution in [1.82, 2.24) is 0 Å². The number of rotatable bonds is 1. The highest BCUT2D eigenvalue weighted by Gasteiger charge is 2.38. The lowest BCUT2D eigenvalue weighted by Gasteiger charge is -2.18. The topological polar surface area (TPSA) is 26.0 Å². The lowest BCUT2D eigenvalue weighted by atomic mass is 9.89. The molecule has 0 amide bonds. The average Bonchev–Trinajstić information content (AvgIpc) is 2.45. The fourth-order valence-corrected chi connectivity index (χ4v) is 2.67. The molecule has 0 aliphatic heterocycles. The minimum atomic E-state index is 0.906. The minimum Gasteiger partial charge on any atom is -0.330 e. The predicted molar refractivity (Wildman–Crippen MR) is 38.0 cm³/mol. The third-order valence-electron chi connectivity index (χ3n) is 3.19. The number of fused-ring (bicyclic) bond motifs is 2. The van der Waals surface area contributed by atoms with Crippen molar-refractivity contribution in [3.05, 3.63) is 0 Å². The molecular weight excluding hydrogens is 110 g/mol. The molecule has 2 fully saturated rings. The van der Waals surface area contributed by atoms with E-state index in [9.17, 15) is 0 Å². The molecule has 0 aromatic heterocycles. The van der Waals surface area contributed by atoms with E-state index in [1.165, 1.54) is 25.7 Å². The van der Waals surface area contributed by atoms with Crippen LogP contribution in [0.3, 0.4) is 0 Å². The normalized spacial score (nSPS) is 48.3. The smallest absolute Gasteiger partial charge is 0.00461 e. The van der Waals surface area contributed by atoms with Gasteiger partial charge in [-0.2, -0.15) is 0 Å². The third kappa shape index (κ3) is 0.787. The summed E-state index contributed by atoms with van der Waals surface area (Å²) in [6, 6.07) is 0. The molecule has 2 aliphatic carbocycles. The molecule has 2 bridgehead atoms. The Kier molecular flexibility index (Phi) is 1.26. The van der Waals surface area contributed by atoms with Gasteiger partial charge in [-0.05, 0) is 43.6 Å². The molecule has 0 spiro atoms. The van der Waals surface area contributed by atoms with Crippen LogP contribution in [0.1, 0.15) is 25.7 Å². The van der Waals surface area contributed by atoms with E-state index in [1.54, 1.807) is 0 Å². The second kappa shape index (κ2) is 1.98. The summed E-state index contributed by atoms with van der Waals surface area (Å²) in [6.07, 6.45) is 5.93. The van der Waals surface area contributed by atoms with Crippen molar-refractivity contribution in [2.24, 2.45) is 23.5 Å². The number of nitrogens with two attached hydrogens (primary N) is 1. The van der Waals surface area contributed by atoms with Gasteiger partial charge in [0.15, 0.2) is 0 Å². The summed E-state index contributed by atoms with van der Waals surface area (Å²) in [5.74, 6) is 3.01. The van der Waals surface area contributed by atoms with Crippen LogP contribution in [-0.4, -0.2) is 6.54 Å². The molecule has 2 rings (SSSR count). The van der Waals surface area contributed by atoms with Crippen molar-refractivity contribution in [1.29, 1.82) is 0 Å². The average molecular weight is 125 g/mol. The van der Waals surface area contributed by atoms with Gasteiger partial charge in [0.2, 0.25) is 0 Å². The Morgan fingerprint density at radius 1 is 1.22 bits per heavy atom. The molecule has 2 N–H and O–H groups in total. The Morgan fingerprint density at radius 2 is 2.11 bits per heavy atom. The van der Waals surface area contributed by atoms with E-state index in [-0.39, 0.29) is 0 Å². The molecule has 2 aliphatic rings. The first-order valence-corrected chi connectivity index (χ1v) is 4.10. The summed E-state index contributed by atoms with van der Waals surface area (Å²) in [5, 5.41) is 0. The van der Waals surface area contributed by atoms with Gasteiger partial charge in [-0.1, -0.05) is 6.42 Å². The van der Waals surface area contributed by atoms with E-state index in [2.05, 4.69) is 0 Å². The second-order valence-electron chi connectivity index (χ2n) is 3.67. The maximum atomic E-state index is 5.62. The zero-order valence-corrected chi connectivity index (χ0v) is 5.84. The van der Waals surface area contributed by atoms with Gasteiger partial charge in [0.1, 0.15) is 0 Å². The molecule has 0 aromatic rings. The summed E-state index contributed by atoms with van der Waals surface area (Å²) < 4.78 is 0. The standard InChI is InChI=1S/C8H15N/c9-5-8-4-6-1-2-7(8)3-6/h6-8H,1-5,9H2/t6-,7-,8+/m1/s1. The van der Waals surface area contributed by atoms with Gasteiger partial charge in [0, 0.05) is 0 Å². The molecule has 0 saturated heterocycles. The van der Waals surface area contributed by atoms with Gasteiger partial charge in [0.05, 0.1) is 0 Å². The Bertz CT molecular complexity index is 111. The minimum absolute atomic E-state index is 0.906. The molecule has 2 saturated carbocycles. The molecule has 3 atom stereocenters. The molecule has 0 unspecified atom stereocenters. The molecule has 52 valence electrons. The van der Waals surface area contributed by atoms with Gasteiger partial charge in [-0.15, -0.1) is 0 Å².